The number of ether oxygens (including phenoxy) is 3. The van der Waals surface area contributed by atoms with Crippen molar-refractivity contribution in [2.75, 3.05) is 0 Å². The van der Waals surface area contributed by atoms with Gasteiger partial charge in [-0.3, -0.25) is 0 Å². The van der Waals surface area contributed by atoms with Gasteiger partial charge in [0, 0.05) is 22.8 Å². The average Bonchev–Trinajstić information content (AvgIpc) is 3.28. The van der Waals surface area contributed by atoms with Crippen molar-refractivity contribution >= 4 is 24.0 Å². The highest BCUT2D eigenvalue weighted by Crippen LogP contribution is 2.25. The number of esters is 3. The third kappa shape index (κ3) is 6.43. The van der Waals surface area contributed by atoms with E-state index in [4.69, 9.17) is 18.6 Å². The summed E-state index contributed by atoms with van der Waals surface area (Å²) in [4.78, 5) is 35.3. The Balaban J connectivity index is 1.56. The smallest absolute Gasteiger partial charge is 0.342 e. The molecule has 0 unspecified atom stereocenters. The number of carbonyl (C=O) groups excluding carboxylic acids is 3. The maximum absolute atomic E-state index is 12.2. The minimum atomic E-state index is -0.583. The van der Waals surface area contributed by atoms with Crippen LogP contribution in [0.4, 0.5) is 0 Å². The van der Waals surface area contributed by atoms with Gasteiger partial charge in [0.05, 0.1) is 11.8 Å². The first kappa shape index (κ1) is 24.0. The van der Waals surface area contributed by atoms with Crippen LogP contribution in [0.25, 0.3) is 17.4 Å². The molecular weight excluding hydrogens is 436 g/mol. The fraction of sp³-hybridized carbons (Fsp3) is 0.0741. The van der Waals surface area contributed by atoms with Crippen molar-refractivity contribution in [3.8, 4) is 22.8 Å². The summed E-state index contributed by atoms with van der Waals surface area (Å²) < 4.78 is 21.1. The van der Waals surface area contributed by atoms with Crippen molar-refractivity contribution in [2.24, 2.45) is 0 Å². The third-order valence-corrected chi connectivity index (χ3v) is 4.38. The number of rotatable bonds is 8. The van der Waals surface area contributed by atoms with Crippen LogP contribution in [0.15, 0.2) is 95.6 Å². The Hall–Kier alpha value is -4.65. The van der Waals surface area contributed by atoms with Gasteiger partial charge in [-0.1, -0.05) is 13.2 Å². The molecule has 0 N–H and O–H groups in total. The Kier molecular flexibility index (Phi) is 7.61. The molecule has 0 bridgehead atoms. The number of hydrogen-bond donors (Lipinski definition) is 0. The van der Waals surface area contributed by atoms with E-state index in [1.165, 1.54) is 36.6 Å². The normalized spacial score (nSPS) is 10.5. The van der Waals surface area contributed by atoms with Crippen molar-refractivity contribution < 1.29 is 33.0 Å². The van der Waals surface area contributed by atoms with Crippen LogP contribution in [-0.4, -0.2) is 17.9 Å². The van der Waals surface area contributed by atoms with E-state index in [1.54, 1.807) is 50.2 Å². The van der Waals surface area contributed by atoms with Crippen LogP contribution >= 0.6 is 0 Å². The molecule has 0 radical (unpaired) electrons. The highest BCUT2D eigenvalue weighted by Gasteiger charge is 2.10. The van der Waals surface area contributed by atoms with Crippen molar-refractivity contribution in [1.82, 2.24) is 0 Å². The Morgan fingerprint density at radius 3 is 1.82 bits per heavy atom. The first-order valence-corrected chi connectivity index (χ1v) is 10.2. The summed E-state index contributed by atoms with van der Waals surface area (Å²) in [6, 6.07) is 16.3. The molecule has 0 aliphatic rings. The largest absolute Gasteiger partial charge is 0.457 e. The van der Waals surface area contributed by atoms with Crippen molar-refractivity contribution in [2.45, 2.75) is 13.8 Å². The molecule has 7 heteroatoms. The van der Waals surface area contributed by atoms with Crippen LogP contribution in [-0.2, 0) is 14.3 Å². The maximum Gasteiger partial charge on any atom is 0.342 e. The summed E-state index contributed by atoms with van der Waals surface area (Å²) in [7, 11) is 0. The average molecular weight is 458 g/mol. The SMILES string of the molecule is C=C(C)C(=O)Oc1ccc(C(=O)O/C=C/c2ccc(-c3ccc(OC(=O)C(=C)C)cc3)o2)cc1. The van der Waals surface area contributed by atoms with Gasteiger partial charge in [-0.2, -0.15) is 0 Å². The molecule has 0 spiro atoms. The molecule has 1 aromatic heterocycles. The number of furan rings is 1. The molecule has 34 heavy (non-hydrogen) atoms. The van der Waals surface area contributed by atoms with Gasteiger partial charge < -0.3 is 18.6 Å². The summed E-state index contributed by atoms with van der Waals surface area (Å²) in [5, 5.41) is 0. The Morgan fingerprint density at radius 1 is 0.765 bits per heavy atom. The molecular formula is C27H22O7. The summed E-state index contributed by atoms with van der Waals surface area (Å²) >= 11 is 0. The summed E-state index contributed by atoms with van der Waals surface area (Å²) in [6.07, 6.45) is 2.73. The minimum Gasteiger partial charge on any atom is -0.457 e. The molecule has 0 fully saturated rings. The van der Waals surface area contributed by atoms with Crippen LogP contribution in [0.3, 0.4) is 0 Å². The Bertz CT molecular complexity index is 1260. The van der Waals surface area contributed by atoms with E-state index >= 15 is 0 Å². The van der Waals surface area contributed by atoms with Gasteiger partial charge in [0.15, 0.2) is 0 Å². The molecule has 7 nitrogen and oxygen atoms in total. The number of carbonyl (C=O) groups is 3. The standard InChI is InChI=1S/C27H22O7/c1-17(2)25(28)33-21-9-5-19(6-10-21)24-14-13-23(32-24)15-16-31-27(30)20-7-11-22(12-8-20)34-26(29)18(3)4/h5-16H,1,3H2,2,4H3/b16-15+. The van der Waals surface area contributed by atoms with Gasteiger partial charge in [-0.05, 0) is 74.5 Å². The summed E-state index contributed by atoms with van der Waals surface area (Å²) in [5.74, 6) is 0.141. The molecule has 0 saturated carbocycles. The molecule has 1 heterocycles. The first-order chi connectivity index (χ1) is 16.2. The molecule has 0 saturated heterocycles. The second-order valence-electron chi connectivity index (χ2n) is 7.30. The molecule has 0 aliphatic carbocycles. The molecule has 0 amide bonds. The molecule has 0 aliphatic heterocycles. The second kappa shape index (κ2) is 10.8. The highest BCUT2D eigenvalue weighted by molar-refractivity contribution is 5.91. The topological polar surface area (TPSA) is 92.0 Å². The van der Waals surface area contributed by atoms with E-state index < -0.39 is 17.9 Å². The Morgan fingerprint density at radius 2 is 1.29 bits per heavy atom. The van der Waals surface area contributed by atoms with Gasteiger partial charge in [-0.25, -0.2) is 14.4 Å². The second-order valence-corrected chi connectivity index (χ2v) is 7.30. The van der Waals surface area contributed by atoms with E-state index in [0.29, 0.717) is 28.6 Å². The fourth-order valence-electron chi connectivity index (χ4n) is 2.56. The molecule has 3 aromatic rings. The highest BCUT2D eigenvalue weighted by atomic mass is 16.5. The Labute approximate surface area is 196 Å². The quantitative estimate of drug-likeness (QED) is 0.184. The predicted octanol–water partition coefficient (Wildman–Crippen LogP) is 5.74. The lowest BCUT2D eigenvalue weighted by atomic mass is 10.2. The van der Waals surface area contributed by atoms with Crippen molar-refractivity contribution in [3.63, 3.8) is 0 Å². The van der Waals surface area contributed by atoms with Gasteiger partial charge >= 0.3 is 17.9 Å². The summed E-state index contributed by atoms with van der Waals surface area (Å²) in [5.41, 5.74) is 1.65. The van der Waals surface area contributed by atoms with Crippen LogP contribution in [0.1, 0.15) is 30.0 Å². The lowest BCUT2D eigenvalue weighted by Crippen LogP contribution is -2.08. The number of hydrogen-bond acceptors (Lipinski definition) is 7. The predicted molar refractivity (Wildman–Crippen MR) is 126 cm³/mol. The van der Waals surface area contributed by atoms with Crippen LogP contribution in [0, 0.1) is 0 Å². The van der Waals surface area contributed by atoms with E-state index in [2.05, 4.69) is 13.2 Å². The van der Waals surface area contributed by atoms with Crippen molar-refractivity contribution in [3.05, 3.63) is 103 Å². The fourth-order valence-corrected chi connectivity index (χ4v) is 2.56. The third-order valence-electron chi connectivity index (χ3n) is 4.38. The zero-order valence-corrected chi connectivity index (χ0v) is 18.7. The van der Waals surface area contributed by atoms with E-state index in [-0.39, 0.29) is 11.1 Å². The van der Waals surface area contributed by atoms with E-state index in [0.717, 1.165) is 5.56 Å². The zero-order chi connectivity index (χ0) is 24.7. The van der Waals surface area contributed by atoms with Gasteiger partial charge in [-0.15, -0.1) is 0 Å². The summed E-state index contributed by atoms with van der Waals surface area (Å²) in [6.45, 7) is 10.2. The van der Waals surface area contributed by atoms with Crippen LogP contribution in [0.2, 0.25) is 0 Å². The zero-order valence-electron chi connectivity index (χ0n) is 18.7. The molecule has 3 rings (SSSR count). The van der Waals surface area contributed by atoms with Gasteiger partial charge in [0.2, 0.25) is 0 Å². The molecule has 2 aromatic carbocycles. The first-order valence-electron chi connectivity index (χ1n) is 10.2. The molecule has 0 atom stereocenters. The van der Waals surface area contributed by atoms with Crippen molar-refractivity contribution in [1.29, 1.82) is 0 Å². The van der Waals surface area contributed by atoms with Crippen LogP contribution < -0.4 is 9.47 Å². The number of benzene rings is 2. The minimum absolute atomic E-state index is 0.274. The van der Waals surface area contributed by atoms with Crippen LogP contribution in [0.5, 0.6) is 11.5 Å². The monoisotopic (exact) mass is 458 g/mol. The van der Waals surface area contributed by atoms with Gasteiger partial charge in [0.1, 0.15) is 23.0 Å². The van der Waals surface area contributed by atoms with E-state index in [9.17, 15) is 14.4 Å². The lowest BCUT2D eigenvalue weighted by molar-refractivity contribution is -0.130. The van der Waals surface area contributed by atoms with E-state index in [1.807, 2.05) is 0 Å². The maximum atomic E-state index is 12.2. The van der Waals surface area contributed by atoms with Gasteiger partial charge in [0.25, 0.3) is 0 Å². The molecule has 172 valence electrons. The lowest BCUT2D eigenvalue weighted by Gasteiger charge is -2.04.